The molecule has 1 N–H and O–H groups in total. The molecule has 1 aliphatic heterocycles. The summed E-state index contributed by atoms with van der Waals surface area (Å²) >= 11 is 0. The highest BCUT2D eigenvalue weighted by Crippen LogP contribution is 2.12. The number of ether oxygens (including phenoxy) is 1. The summed E-state index contributed by atoms with van der Waals surface area (Å²) in [5, 5.41) is 3.32. The summed E-state index contributed by atoms with van der Waals surface area (Å²) in [7, 11) is 1.93. The van der Waals surface area contributed by atoms with Crippen molar-refractivity contribution in [2.45, 2.75) is 31.7 Å². The fraction of sp³-hybridized carbons (Fsp3) is 0.562. The van der Waals surface area contributed by atoms with E-state index in [4.69, 9.17) is 4.74 Å². The molecule has 0 bridgehead atoms. The molecule has 1 amide bonds. The van der Waals surface area contributed by atoms with Gasteiger partial charge in [-0.15, -0.1) is 0 Å². The van der Waals surface area contributed by atoms with Crippen molar-refractivity contribution in [1.29, 1.82) is 0 Å². The van der Waals surface area contributed by atoms with Crippen molar-refractivity contribution in [3.8, 4) is 5.75 Å². The van der Waals surface area contributed by atoms with Crippen LogP contribution in [-0.2, 0) is 4.79 Å². The van der Waals surface area contributed by atoms with Gasteiger partial charge in [-0.2, -0.15) is 0 Å². The van der Waals surface area contributed by atoms with E-state index in [-0.39, 0.29) is 5.91 Å². The molecule has 2 rings (SSSR count). The zero-order valence-corrected chi connectivity index (χ0v) is 12.2. The van der Waals surface area contributed by atoms with Crippen molar-refractivity contribution < 1.29 is 9.53 Å². The van der Waals surface area contributed by atoms with Gasteiger partial charge in [-0.3, -0.25) is 4.79 Å². The molecule has 1 aliphatic rings. The van der Waals surface area contributed by atoms with Gasteiger partial charge in [0.2, 0.25) is 5.91 Å². The van der Waals surface area contributed by atoms with E-state index in [2.05, 4.69) is 5.32 Å². The summed E-state index contributed by atoms with van der Waals surface area (Å²) in [5.41, 5.74) is 0. The Morgan fingerprint density at radius 3 is 2.70 bits per heavy atom. The van der Waals surface area contributed by atoms with Crippen LogP contribution in [0.3, 0.4) is 0 Å². The maximum atomic E-state index is 12.1. The smallest absolute Gasteiger partial charge is 0.222 e. The summed E-state index contributed by atoms with van der Waals surface area (Å²) in [4.78, 5) is 14.0. The average Bonchev–Trinajstić information content (AvgIpc) is 2.52. The number of carbonyl (C=O) groups is 1. The minimum absolute atomic E-state index is 0.230. The maximum Gasteiger partial charge on any atom is 0.222 e. The summed E-state index contributed by atoms with van der Waals surface area (Å²) < 4.78 is 5.60. The van der Waals surface area contributed by atoms with Gasteiger partial charge in [0.15, 0.2) is 0 Å². The van der Waals surface area contributed by atoms with E-state index >= 15 is 0 Å². The van der Waals surface area contributed by atoms with Gasteiger partial charge in [-0.1, -0.05) is 18.2 Å². The van der Waals surface area contributed by atoms with Crippen LogP contribution < -0.4 is 10.1 Å². The van der Waals surface area contributed by atoms with Gasteiger partial charge < -0.3 is 15.0 Å². The summed E-state index contributed by atoms with van der Waals surface area (Å²) in [6.07, 6.45) is 3.45. The predicted molar refractivity (Wildman–Crippen MR) is 79.8 cm³/mol. The molecule has 1 heterocycles. The zero-order valence-electron chi connectivity index (χ0n) is 12.2. The summed E-state index contributed by atoms with van der Waals surface area (Å²) in [6.45, 7) is 2.62. The van der Waals surface area contributed by atoms with Gasteiger partial charge in [-0.05, 0) is 44.5 Å². The standard InChI is InChI=1S/C16H24N2O2/c1-18(14-9-11-17-12-10-14)16(19)8-5-13-20-15-6-3-2-4-7-15/h2-4,6-7,14,17H,5,8-13H2,1H3. The second-order valence-electron chi connectivity index (χ2n) is 5.25. The molecule has 1 saturated heterocycles. The number of para-hydroxylation sites is 1. The molecule has 0 aliphatic carbocycles. The number of piperidine rings is 1. The Hall–Kier alpha value is -1.55. The number of benzene rings is 1. The minimum atomic E-state index is 0.230. The Morgan fingerprint density at radius 2 is 2.00 bits per heavy atom. The van der Waals surface area contributed by atoms with Crippen LogP contribution in [0.15, 0.2) is 30.3 Å². The fourth-order valence-electron chi connectivity index (χ4n) is 2.50. The predicted octanol–water partition coefficient (Wildman–Crippen LogP) is 2.06. The average molecular weight is 276 g/mol. The quantitative estimate of drug-likeness (QED) is 0.809. The fourth-order valence-corrected chi connectivity index (χ4v) is 2.50. The van der Waals surface area contributed by atoms with Gasteiger partial charge in [0.1, 0.15) is 5.75 Å². The summed E-state index contributed by atoms with van der Waals surface area (Å²) in [6, 6.07) is 10.1. The number of carbonyl (C=O) groups excluding carboxylic acids is 1. The molecule has 0 unspecified atom stereocenters. The molecule has 1 aromatic carbocycles. The number of hydrogen-bond acceptors (Lipinski definition) is 3. The number of amides is 1. The third kappa shape index (κ3) is 4.53. The van der Waals surface area contributed by atoms with E-state index in [0.29, 0.717) is 19.1 Å². The van der Waals surface area contributed by atoms with Crippen molar-refractivity contribution in [3.63, 3.8) is 0 Å². The molecular weight excluding hydrogens is 252 g/mol. The number of nitrogens with one attached hydrogen (secondary N) is 1. The van der Waals surface area contributed by atoms with Crippen LogP contribution in [0.1, 0.15) is 25.7 Å². The van der Waals surface area contributed by atoms with Crippen LogP contribution in [0, 0.1) is 0 Å². The van der Waals surface area contributed by atoms with Crippen LogP contribution in [-0.4, -0.2) is 43.6 Å². The van der Waals surface area contributed by atoms with Crippen LogP contribution in [0.4, 0.5) is 0 Å². The number of hydrogen-bond donors (Lipinski definition) is 1. The summed E-state index contributed by atoms with van der Waals surface area (Å²) in [5.74, 6) is 1.10. The van der Waals surface area contributed by atoms with E-state index in [1.165, 1.54) is 0 Å². The van der Waals surface area contributed by atoms with Crippen molar-refractivity contribution in [2.75, 3.05) is 26.7 Å². The van der Waals surface area contributed by atoms with Crippen molar-refractivity contribution in [1.82, 2.24) is 10.2 Å². The molecule has 4 nitrogen and oxygen atoms in total. The SMILES string of the molecule is CN(C(=O)CCCOc1ccccc1)C1CCNCC1. The monoisotopic (exact) mass is 276 g/mol. The second kappa shape index (κ2) is 7.90. The highest BCUT2D eigenvalue weighted by atomic mass is 16.5. The minimum Gasteiger partial charge on any atom is -0.494 e. The lowest BCUT2D eigenvalue weighted by Gasteiger charge is -2.31. The Balaban J connectivity index is 1.64. The second-order valence-corrected chi connectivity index (χ2v) is 5.25. The number of rotatable bonds is 6. The first-order chi connectivity index (χ1) is 9.77. The van der Waals surface area contributed by atoms with Gasteiger partial charge in [0.05, 0.1) is 6.61 Å². The highest BCUT2D eigenvalue weighted by Gasteiger charge is 2.21. The third-order valence-corrected chi connectivity index (χ3v) is 3.80. The van der Waals surface area contributed by atoms with Crippen LogP contribution >= 0.6 is 0 Å². The first-order valence-electron chi connectivity index (χ1n) is 7.41. The highest BCUT2D eigenvalue weighted by molar-refractivity contribution is 5.76. The molecule has 110 valence electrons. The van der Waals surface area contributed by atoms with E-state index in [1.54, 1.807) is 0 Å². The molecule has 1 fully saturated rings. The Labute approximate surface area is 121 Å². The molecule has 0 radical (unpaired) electrons. The first-order valence-corrected chi connectivity index (χ1v) is 7.41. The third-order valence-electron chi connectivity index (χ3n) is 3.80. The molecule has 20 heavy (non-hydrogen) atoms. The maximum absolute atomic E-state index is 12.1. The lowest BCUT2D eigenvalue weighted by Crippen LogP contribution is -2.43. The van der Waals surface area contributed by atoms with Crippen molar-refractivity contribution in [3.05, 3.63) is 30.3 Å². The zero-order chi connectivity index (χ0) is 14.2. The molecule has 1 aromatic rings. The van der Waals surface area contributed by atoms with E-state index in [1.807, 2.05) is 42.3 Å². The molecule has 0 atom stereocenters. The van der Waals surface area contributed by atoms with Crippen LogP contribution in [0.2, 0.25) is 0 Å². The molecule has 4 heteroatoms. The molecular formula is C16H24N2O2. The lowest BCUT2D eigenvalue weighted by atomic mass is 10.0. The van der Waals surface area contributed by atoms with Gasteiger partial charge in [0.25, 0.3) is 0 Å². The van der Waals surface area contributed by atoms with Gasteiger partial charge in [-0.25, -0.2) is 0 Å². The van der Waals surface area contributed by atoms with Crippen molar-refractivity contribution in [2.24, 2.45) is 0 Å². The van der Waals surface area contributed by atoms with E-state index in [0.717, 1.165) is 38.1 Å². The van der Waals surface area contributed by atoms with Crippen LogP contribution in [0.5, 0.6) is 5.75 Å². The lowest BCUT2D eigenvalue weighted by molar-refractivity contribution is -0.132. The molecule has 0 aromatic heterocycles. The van der Waals surface area contributed by atoms with Crippen molar-refractivity contribution >= 4 is 5.91 Å². The topological polar surface area (TPSA) is 41.6 Å². The van der Waals surface area contributed by atoms with Gasteiger partial charge >= 0.3 is 0 Å². The molecule has 0 spiro atoms. The Morgan fingerprint density at radius 1 is 1.30 bits per heavy atom. The largest absolute Gasteiger partial charge is 0.494 e. The first kappa shape index (κ1) is 14.9. The normalized spacial score (nSPS) is 15.8. The van der Waals surface area contributed by atoms with Gasteiger partial charge in [0, 0.05) is 19.5 Å². The number of nitrogens with zero attached hydrogens (tertiary/aromatic N) is 1. The Bertz CT molecular complexity index is 402. The van der Waals surface area contributed by atoms with Crippen LogP contribution in [0.25, 0.3) is 0 Å². The van der Waals surface area contributed by atoms with E-state index in [9.17, 15) is 4.79 Å². The Kier molecular flexibility index (Phi) is 5.87. The molecule has 0 saturated carbocycles. The van der Waals surface area contributed by atoms with E-state index < -0.39 is 0 Å².